The molecule has 0 saturated carbocycles. The molecule has 0 radical (unpaired) electrons. The molecule has 1 rings (SSSR count). The van der Waals surface area contributed by atoms with Gasteiger partial charge in [0.25, 0.3) is 0 Å². The molecule has 3 heteroatoms. The predicted octanol–water partition coefficient (Wildman–Crippen LogP) is 2.25. The van der Waals surface area contributed by atoms with Gasteiger partial charge in [0.15, 0.2) is 0 Å². The fourth-order valence-corrected chi connectivity index (χ4v) is 1.07. The van der Waals surface area contributed by atoms with Crippen LogP contribution in [0.4, 0.5) is 0 Å². The summed E-state index contributed by atoms with van der Waals surface area (Å²) < 4.78 is 0. The van der Waals surface area contributed by atoms with E-state index in [0.29, 0.717) is 0 Å². The summed E-state index contributed by atoms with van der Waals surface area (Å²) in [4.78, 5) is 2.04. The van der Waals surface area contributed by atoms with Crippen LogP contribution in [0.25, 0.3) is 0 Å². The van der Waals surface area contributed by atoms with Crippen molar-refractivity contribution in [3.63, 3.8) is 0 Å². The standard InChI is InChI=1S/C12H11N3/c1-2-15-7-5-11(6-8-15)3-4-12(9-13)10-14/h3-8H,2H2,1H3. The molecule has 0 bridgehead atoms. The van der Waals surface area contributed by atoms with Crippen molar-refractivity contribution in [3.8, 4) is 12.1 Å². The Labute approximate surface area is 89.5 Å². The Morgan fingerprint density at radius 1 is 1.33 bits per heavy atom. The van der Waals surface area contributed by atoms with Gasteiger partial charge in [-0.3, -0.25) is 0 Å². The van der Waals surface area contributed by atoms with Crippen LogP contribution in [-0.4, -0.2) is 11.4 Å². The first-order valence-corrected chi connectivity index (χ1v) is 4.64. The molecule has 0 atom stereocenters. The van der Waals surface area contributed by atoms with Crippen LogP contribution in [0, 0.1) is 22.7 Å². The van der Waals surface area contributed by atoms with Gasteiger partial charge in [0.1, 0.15) is 17.7 Å². The van der Waals surface area contributed by atoms with Gasteiger partial charge in [-0.05, 0) is 30.7 Å². The summed E-state index contributed by atoms with van der Waals surface area (Å²) in [5.41, 5.74) is 1.09. The molecule has 1 aliphatic heterocycles. The molecule has 1 aliphatic rings. The number of hydrogen-bond donors (Lipinski definition) is 0. The van der Waals surface area contributed by atoms with Gasteiger partial charge in [0.05, 0.1) is 0 Å². The van der Waals surface area contributed by atoms with E-state index < -0.39 is 0 Å². The lowest BCUT2D eigenvalue weighted by atomic mass is 10.1. The van der Waals surface area contributed by atoms with E-state index >= 15 is 0 Å². The zero-order chi connectivity index (χ0) is 11.1. The minimum atomic E-state index is 0.113. The molecule has 1 heterocycles. The topological polar surface area (TPSA) is 50.8 Å². The summed E-state index contributed by atoms with van der Waals surface area (Å²) >= 11 is 0. The molecular formula is C12H11N3. The summed E-state index contributed by atoms with van der Waals surface area (Å²) in [5, 5.41) is 17.0. The van der Waals surface area contributed by atoms with Crippen molar-refractivity contribution in [3.05, 3.63) is 47.9 Å². The number of rotatable bonds is 2. The van der Waals surface area contributed by atoms with Crippen LogP contribution in [0.1, 0.15) is 6.92 Å². The van der Waals surface area contributed by atoms with Gasteiger partial charge in [-0.25, -0.2) is 0 Å². The monoisotopic (exact) mass is 197 g/mol. The fourth-order valence-electron chi connectivity index (χ4n) is 1.07. The highest BCUT2D eigenvalue weighted by Crippen LogP contribution is 2.09. The second-order valence-corrected chi connectivity index (χ2v) is 2.93. The van der Waals surface area contributed by atoms with E-state index in [2.05, 4.69) is 6.92 Å². The highest BCUT2D eigenvalue weighted by molar-refractivity contribution is 5.43. The van der Waals surface area contributed by atoms with Gasteiger partial charge in [0.2, 0.25) is 0 Å². The molecule has 0 aromatic heterocycles. The van der Waals surface area contributed by atoms with Crippen molar-refractivity contribution >= 4 is 0 Å². The van der Waals surface area contributed by atoms with Gasteiger partial charge >= 0.3 is 0 Å². The van der Waals surface area contributed by atoms with Crippen molar-refractivity contribution in [1.29, 1.82) is 10.5 Å². The van der Waals surface area contributed by atoms with E-state index in [4.69, 9.17) is 10.5 Å². The minimum Gasteiger partial charge on any atom is -0.354 e. The van der Waals surface area contributed by atoms with Crippen LogP contribution < -0.4 is 0 Å². The second-order valence-electron chi connectivity index (χ2n) is 2.93. The van der Waals surface area contributed by atoms with Crippen molar-refractivity contribution < 1.29 is 0 Å². The van der Waals surface area contributed by atoms with Crippen LogP contribution in [-0.2, 0) is 0 Å². The zero-order valence-electron chi connectivity index (χ0n) is 8.51. The summed E-state index contributed by atoms with van der Waals surface area (Å²) in [6, 6.07) is 3.62. The molecule has 0 amide bonds. The fraction of sp³-hybridized carbons (Fsp3) is 0.167. The van der Waals surface area contributed by atoms with E-state index in [1.54, 1.807) is 6.08 Å². The largest absolute Gasteiger partial charge is 0.354 e. The van der Waals surface area contributed by atoms with Gasteiger partial charge < -0.3 is 4.90 Å². The molecule has 0 N–H and O–H groups in total. The Bertz CT molecular complexity index is 393. The Kier molecular flexibility index (Phi) is 3.94. The van der Waals surface area contributed by atoms with E-state index in [0.717, 1.165) is 12.1 Å². The normalized spacial score (nSPS) is 13.0. The van der Waals surface area contributed by atoms with Crippen molar-refractivity contribution in [2.75, 3.05) is 6.54 Å². The first-order chi connectivity index (χ1) is 7.30. The Morgan fingerprint density at radius 3 is 2.40 bits per heavy atom. The van der Waals surface area contributed by atoms with Crippen LogP contribution in [0.5, 0.6) is 0 Å². The third-order valence-electron chi connectivity index (χ3n) is 1.97. The molecule has 0 aliphatic carbocycles. The average Bonchev–Trinajstić information content (AvgIpc) is 2.31. The highest BCUT2D eigenvalue weighted by atomic mass is 15.1. The maximum Gasteiger partial charge on any atom is 0.129 e. The van der Waals surface area contributed by atoms with E-state index in [1.807, 2.05) is 41.6 Å². The van der Waals surface area contributed by atoms with Gasteiger partial charge in [-0.1, -0.05) is 6.08 Å². The molecule has 3 nitrogen and oxygen atoms in total. The molecular weight excluding hydrogens is 186 g/mol. The van der Waals surface area contributed by atoms with E-state index in [1.165, 1.54) is 6.08 Å². The molecule has 0 unspecified atom stereocenters. The third kappa shape index (κ3) is 3.17. The molecule has 74 valence electrons. The Balaban J connectivity index is 2.75. The van der Waals surface area contributed by atoms with Crippen molar-refractivity contribution in [2.24, 2.45) is 0 Å². The zero-order valence-corrected chi connectivity index (χ0v) is 8.51. The van der Waals surface area contributed by atoms with Gasteiger partial charge in [-0.15, -0.1) is 0 Å². The molecule has 15 heavy (non-hydrogen) atoms. The van der Waals surface area contributed by atoms with Gasteiger partial charge in [-0.2, -0.15) is 10.5 Å². The summed E-state index contributed by atoms with van der Waals surface area (Å²) in [6.07, 6.45) is 11.1. The first-order valence-electron chi connectivity index (χ1n) is 4.64. The maximum atomic E-state index is 8.52. The summed E-state index contributed by atoms with van der Waals surface area (Å²) in [7, 11) is 0. The summed E-state index contributed by atoms with van der Waals surface area (Å²) in [6.45, 7) is 2.99. The van der Waals surface area contributed by atoms with Crippen LogP contribution >= 0.6 is 0 Å². The number of nitriles is 2. The Hall–Kier alpha value is -2.26. The number of allylic oxidation sites excluding steroid dienone is 6. The molecule has 0 aromatic carbocycles. The quantitative estimate of drug-likeness (QED) is 0.638. The number of hydrogen-bond acceptors (Lipinski definition) is 3. The van der Waals surface area contributed by atoms with Gasteiger partial charge in [0, 0.05) is 18.9 Å². The highest BCUT2D eigenvalue weighted by Gasteiger charge is 1.96. The first kappa shape index (κ1) is 10.8. The average molecular weight is 197 g/mol. The lowest BCUT2D eigenvalue weighted by Crippen LogP contribution is -2.09. The lowest BCUT2D eigenvalue weighted by Gasteiger charge is -2.15. The van der Waals surface area contributed by atoms with Crippen LogP contribution in [0.15, 0.2) is 47.9 Å². The van der Waals surface area contributed by atoms with E-state index in [-0.39, 0.29) is 5.57 Å². The lowest BCUT2D eigenvalue weighted by molar-refractivity contribution is 0.532. The minimum absolute atomic E-state index is 0.113. The molecule has 0 aromatic rings. The third-order valence-corrected chi connectivity index (χ3v) is 1.97. The maximum absolute atomic E-state index is 8.52. The molecule has 0 saturated heterocycles. The Morgan fingerprint density at radius 2 is 1.93 bits per heavy atom. The summed E-state index contributed by atoms with van der Waals surface area (Å²) in [5.74, 6) is 0. The predicted molar refractivity (Wildman–Crippen MR) is 58.1 cm³/mol. The molecule has 0 fully saturated rings. The smallest absolute Gasteiger partial charge is 0.129 e. The second kappa shape index (κ2) is 5.47. The van der Waals surface area contributed by atoms with E-state index in [9.17, 15) is 0 Å². The van der Waals surface area contributed by atoms with Crippen LogP contribution in [0.2, 0.25) is 0 Å². The number of nitrogens with zero attached hydrogens (tertiary/aromatic N) is 3. The SMILES string of the molecule is CCN1C=CC(=CC=C(C#N)C#N)C=C1. The molecule has 0 spiro atoms. The van der Waals surface area contributed by atoms with Crippen molar-refractivity contribution in [1.82, 2.24) is 4.90 Å². The van der Waals surface area contributed by atoms with Crippen LogP contribution in [0.3, 0.4) is 0 Å². The van der Waals surface area contributed by atoms with Crippen molar-refractivity contribution in [2.45, 2.75) is 6.92 Å².